The third-order valence-corrected chi connectivity index (χ3v) is 6.94. The quantitative estimate of drug-likeness (QED) is 0.360. The molecular weight excluding hydrogens is 410 g/mol. The minimum atomic E-state index is -0.820. The van der Waals surface area contributed by atoms with E-state index >= 15 is 0 Å². The standard InChI is InChI=1S/C23H25N5O4/c1-3-14-12-26-7-6-15(14)8-20(26)23(29)22-18-9-17(32-2)4-5-19(18)24-11-21(22)27-13-16(10-25-27)28(30)31/h3-5,9-11,13-15,20,23,29H,1,6-8,12H2,2H3/t14-,15?,20-,23-/m0/s1. The number of aliphatic hydroxyl groups is 1. The number of rotatable bonds is 6. The van der Waals surface area contributed by atoms with Crippen LogP contribution >= 0.6 is 0 Å². The normalized spacial score (nSPS) is 25.6. The summed E-state index contributed by atoms with van der Waals surface area (Å²) < 4.78 is 6.84. The molecule has 32 heavy (non-hydrogen) atoms. The molecule has 5 heterocycles. The number of hydrogen-bond donors (Lipinski definition) is 1. The molecule has 0 saturated carbocycles. The Balaban J connectivity index is 1.65. The Hall–Kier alpha value is -3.30. The number of methoxy groups -OCH3 is 1. The second-order valence-corrected chi connectivity index (χ2v) is 8.53. The molecule has 1 N–H and O–H groups in total. The van der Waals surface area contributed by atoms with Crippen molar-refractivity contribution in [1.82, 2.24) is 19.7 Å². The molecule has 166 valence electrons. The molecule has 9 nitrogen and oxygen atoms in total. The zero-order valence-electron chi connectivity index (χ0n) is 17.8. The molecule has 1 aromatic carbocycles. The molecule has 6 rings (SSSR count). The Bertz CT molecular complexity index is 1190. The van der Waals surface area contributed by atoms with Gasteiger partial charge in [-0.2, -0.15) is 5.10 Å². The van der Waals surface area contributed by atoms with E-state index in [1.165, 1.54) is 17.1 Å². The van der Waals surface area contributed by atoms with Gasteiger partial charge in [0.05, 0.1) is 35.5 Å². The van der Waals surface area contributed by atoms with Crippen LogP contribution < -0.4 is 4.74 Å². The van der Waals surface area contributed by atoms with Gasteiger partial charge in [-0.05, 0) is 49.4 Å². The maximum atomic E-state index is 11.7. The molecule has 2 aromatic heterocycles. The number of nitrogens with zero attached hydrogens (tertiary/aromatic N) is 5. The summed E-state index contributed by atoms with van der Waals surface area (Å²) in [5.74, 6) is 1.58. The molecule has 3 fully saturated rings. The van der Waals surface area contributed by atoms with Crippen LogP contribution in [0.5, 0.6) is 5.75 Å². The first kappa shape index (κ1) is 20.6. The molecule has 0 radical (unpaired) electrons. The Kier molecular flexibility index (Phi) is 5.15. The van der Waals surface area contributed by atoms with Crippen molar-refractivity contribution in [2.75, 3.05) is 20.2 Å². The lowest BCUT2D eigenvalue weighted by Gasteiger charge is -2.50. The number of nitro groups is 1. The number of hydrogen-bond acceptors (Lipinski definition) is 7. The van der Waals surface area contributed by atoms with Crippen molar-refractivity contribution in [2.24, 2.45) is 11.8 Å². The van der Waals surface area contributed by atoms with E-state index in [2.05, 4.69) is 21.6 Å². The first-order chi connectivity index (χ1) is 15.5. The summed E-state index contributed by atoms with van der Waals surface area (Å²) in [5, 5.41) is 27.9. The van der Waals surface area contributed by atoms with E-state index in [1.807, 2.05) is 24.3 Å². The van der Waals surface area contributed by atoms with E-state index in [9.17, 15) is 15.2 Å². The largest absolute Gasteiger partial charge is 0.497 e. The Morgan fingerprint density at radius 3 is 2.91 bits per heavy atom. The molecular formula is C23H25N5O4. The molecule has 3 aliphatic rings. The topological polar surface area (TPSA) is 107 Å². The highest BCUT2D eigenvalue weighted by atomic mass is 16.6. The summed E-state index contributed by atoms with van der Waals surface area (Å²) in [6, 6.07) is 5.46. The monoisotopic (exact) mass is 435 g/mol. The highest BCUT2D eigenvalue weighted by Crippen LogP contribution is 2.43. The molecule has 2 unspecified atom stereocenters. The molecule has 3 saturated heterocycles. The maximum absolute atomic E-state index is 11.7. The van der Waals surface area contributed by atoms with Gasteiger partial charge < -0.3 is 9.84 Å². The molecule has 2 bridgehead atoms. The fourth-order valence-electron chi connectivity index (χ4n) is 5.24. The van der Waals surface area contributed by atoms with E-state index in [-0.39, 0.29) is 11.7 Å². The zero-order chi connectivity index (χ0) is 22.4. The van der Waals surface area contributed by atoms with E-state index in [0.29, 0.717) is 34.4 Å². The smallest absolute Gasteiger partial charge is 0.307 e. The molecule has 0 amide bonds. The summed E-state index contributed by atoms with van der Waals surface area (Å²) in [7, 11) is 1.59. The summed E-state index contributed by atoms with van der Waals surface area (Å²) in [4.78, 5) is 17.6. The highest BCUT2D eigenvalue weighted by molar-refractivity contribution is 5.86. The van der Waals surface area contributed by atoms with Crippen molar-refractivity contribution < 1.29 is 14.8 Å². The number of piperidine rings is 3. The SMILES string of the molecule is C=C[C@H]1CN2CCC1C[C@H]2[C@H](O)c1c(-n2cc([N+](=O)[O-])cn2)cnc2ccc(OC)cc12. The van der Waals surface area contributed by atoms with E-state index in [4.69, 9.17) is 4.74 Å². The van der Waals surface area contributed by atoms with Crippen LogP contribution in [0.3, 0.4) is 0 Å². The van der Waals surface area contributed by atoms with Crippen LogP contribution in [0.25, 0.3) is 16.6 Å². The number of fused-ring (bicyclic) bond motifs is 4. The van der Waals surface area contributed by atoms with Crippen LogP contribution in [0.4, 0.5) is 5.69 Å². The fourth-order valence-corrected chi connectivity index (χ4v) is 5.24. The second kappa shape index (κ2) is 7.99. The van der Waals surface area contributed by atoms with Crippen molar-refractivity contribution in [1.29, 1.82) is 0 Å². The van der Waals surface area contributed by atoms with Gasteiger partial charge >= 0.3 is 5.69 Å². The minimum Gasteiger partial charge on any atom is -0.497 e. The van der Waals surface area contributed by atoms with E-state index in [1.54, 1.807) is 13.3 Å². The van der Waals surface area contributed by atoms with Gasteiger partial charge in [-0.15, -0.1) is 6.58 Å². The Labute approximate surface area is 185 Å². The number of ether oxygens (including phenoxy) is 1. The predicted octanol–water partition coefficient (Wildman–Crippen LogP) is 3.27. The van der Waals surface area contributed by atoms with Gasteiger partial charge in [-0.3, -0.25) is 20.0 Å². The van der Waals surface area contributed by atoms with Gasteiger partial charge in [0.15, 0.2) is 0 Å². The van der Waals surface area contributed by atoms with Crippen molar-refractivity contribution in [2.45, 2.75) is 25.0 Å². The van der Waals surface area contributed by atoms with Crippen LogP contribution in [0.1, 0.15) is 24.5 Å². The van der Waals surface area contributed by atoms with Crippen molar-refractivity contribution in [3.8, 4) is 11.4 Å². The molecule has 0 aliphatic carbocycles. The predicted molar refractivity (Wildman–Crippen MR) is 119 cm³/mol. The minimum absolute atomic E-state index is 0.0638. The first-order valence-electron chi connectivity index (χ1n) is 10.7. The lowest BCUT2D eigenvalue weighted by Crippen LogP contribution is -2.55. The fraction of sp³-hybridized carbons (Fsp3) is 0.391. The highest BCUT2D eigenvalue weighted by Gasteiger charge is 2.43. The Morgan fingerprint density at radius 1 is 1.41 bits per heavy atom. The molecule has 3 aromatic rings. The lowest BCUT2D eigenvalue weighted by atomic mass is 9.73. The summed E-state index contributed by atoms with van der Waals surface area (Å²) in [6.07, 6.45) is 7.34. The summed E-state index contributed by atoms with van der Waals surface area (Å²) in [5.41, 5.74) is 1.77. The van der Waals surface area contributed by atoms with Crippen molar-refractivity contribution >= 4 is 16.6 Å². The van der Waals surface area contributed by atoms with Gasteiger partial charge in [-0.1, -0.05) is 6.08 Å². The van der Waals surface area contributed by atoms with Crippen LogP contribution in [-0.4, -0.2) is 55.9 Å². The van der Waals surface area contributed by atoms with Crippen molar-refractivity contribution in [3.05, 3.63) is 65.1 Å². The van der Waals surface area contributed by atoms with E-state index < -0.39 is 11.0 Å². The molecule has 3 aliphatic heterocycles. The molecule has 0 spiro atoms. The molecule has 5 atom stereocenters. The van der Waals surface area contributed by atoms with E-state index in [0.717, 1.165) is 31.3 Å². The third-order valence-electron chi connectivity index (χ3n) is 6.94. The number of aromatic nitrogens is 3. The first-order valence-corrected chi connectivity index (χ1v) is 10.7. The van der Waals surface area contributed by atoms with Gasteiger partial charge in [-0.25, -0.2) is 4.68 Å². The van der Waals surface area contributed by atoms with Crippen molar-refractivity contribution in [3.63, 3.8) is 0 Å². The molecule has 9 heteroatoms. The Morgan fingerprint density at radius 2 is 2.25 bits per heavy atom. The number of aliphatic hydroxyl groups excluding tert-OH is 1. The maximum Gasteiger partial charge on any atom is 0.307 e. The van der Waals surface area contributed by atoms with Crippen LogP contribution in [0.2, 0.25) is 0 Å². The summed E-state index contributed by atoms with van der Waals surface area (Å²) in [6.45, 7) is 5.80. The average Bonchev–Trinajstić information content (AvgIpc) is 3.33. The zero-order valence-corrected chi connectivity index (χ0v) is 17.8. The second-order valence-electron chi connectivity index (χ2n) is 8.53. The van der Waals surface area contributed by atoms with Gasteiger partial charge in [0.1, 0.15) is 18.1 Å². The van der Waals surface area contributed by atoms with Crippen LogP contribution in [-0.2, 0) is 0 Å². The van der Waals surface area contributed by atoms with Gasteiger partial charge in [0.25, 0.3) is 0 Å². The van der Waals surface area contributed by atoms with Gasteiger partial charge in [0, 0.05) is 23.5 Å². The average molecular weight is 435 g/mol. The number of pyridine rings is 1. The van der Waals surface area contributed by atoms with Crippen LogP contribution in [0, 0.1) is 22.0 Å². The number of benzene rings is 1. The third kappa shape index (κ3) is 3.34. The van der Waals surface area contributed by atoms with Crippen LogP contribution in [0.15, 0.2) is 49.4 Å². The van der Waals surface area contributed by atoms with Gasteiger partial charge in [0.2, 0.25) is 0 Å². The summed E-state index contributed by atoms with van der Waals surface area (Å²) >= 11 is 0. The lowest BCUT2D eigenvalue weighted by molar-refractivity contribution is -0.384.